The third-order valence-corrected chi connectivity index (χ3v) is 6.24. The van der Waals surface area contributed by atoms with Gasteiger partial charge in [0.2, 0.25) is 0 Å². The number of aliphatic hydroxyl groups is 1. The predicted octanol–water partition coefficient (Wildman–Crippen LogP) is 4.83. The zero-order valence-electron chi connectivity index (χ0n) is 11.4. The molecule has 1 heterocycles. The van der Waals surface area contributed by atoms with E-state index >= 15 is 0 Å². The number of benzene rings is 1. The van der Waals surface area contributed by atoms with Gasteiger partial charge in [-0.15, -0.1) is 0 Å². The highest BCUT2D eigenvalue weighted by Crippen LogP contribution is 2.45. The number of hydrogen-bond donors (Lipinski definition) is 1. The lowest BCUT2D eigenvalue weighted by molar-refractivity contribution is -0.113. The topological polar surface area (TPSA) is 29.5 Å². The SMILES string of the molecule is OC(c1cc(Br)ccc1I)C1CCOC2(CCCC2)C1. The van der Waals surface area contributed by atoms with Crippen molar-refractivity contribution in [3.63, 3.8) is 0 Å². The van der Waals surface area contributed by atoms with Gasteiger partial charge in [0.1, 0.15) is 0 Å². The molecule has 3 rings (SSSR count). The van der Waals surface area contributed by atoms with E-state index in [4.69, 9.17) is 4.74 Å². The summed E-state index contributed by atoms with van der Waals surface area (Å²) >= 11 is 5.83. The molecule has 2 atom stereocenters. The van der Waals surface area contributed by atoms with Crippen molar-refractivity contribution >= 4 is 38.5 Å². The molecular formula is C16H20BrIO2. The van der Waals surface area contributed by atoms with Crippen molar-refractivity contribution in [1.82, 2.24) is 0 Å². The summed E-state index contributed by atoms with van der Waals surface area (Å²) < 4.78 is 8.25. The highest BCUT2D eigenvalue weighted by Gasteiger charge is 2.42. The van der Waals surface area contributed by atoms with Crippen LogP contribution in [0.3, 0.4) is 0 Å². The third kappa shape index (κ3) is 3.08. The summed E-state index contributed by atoms with van der Waals surface area (Å²) in [5.41, 5.74) is 1.13. The van der Waals surface area contributed by atoms with Gasteiger partial charge in [-0.2, -0.15) is 0 Å². The average Bonchev–Trinajstić information content (AvgIpc) is 2.88. The Bertz CT molecular complexity index is 485. The summed E-state index contributed by atoms with van der Waals surface area (Å²) in [5.74, 6) is 0.324. The van der Waals surface area contributed by atoms with Crippen molar-refractivity contribution in [2.24, 2.45) is 5.92 Å². The molecule has 0 amide bonds. The second kappa shape index (κ2) is 6.23. The normalized spacial score (nSPS) is 26.9. The van der Waals surface area contributed by atoms with E-state index in [9.17, 15) is 5.11 Å². The standard InChI is InChI=1S/C16H20BrIO2/c17-12-3-4-14(18)13(9-12)15(19)11-5-8-20-16(10-11)6-1-2-7-16/h3-4,9,11,15,19H,1-2,5-8,10H2. The van der Waals surface area contributed by atoms with Crippen LogP contribution in [-0.2, 0) is 4.74 Å². The molecule has 0 radical (unpaired) electrons. The Kier molecular flexibility index (Phi) is 4.75. The monoisotopic (exact) mass is 450 g/mol. The van der Waals surface area contributed by atoms with Crippen LogP contribution in [0, 0.1) is 9.49 Å². The molecule has 1 spiro atoms. The van der Waals surface area contributed by atoms with E-state index in [1.807, 2.05) is 6.07 Å². The smallest absolute Gasteiger partial charge is 0.0830 e. The van der Waals surface area contributed by atoms with E-state index in [0.717, 1.165) is 33.1 Å². The Morgan fingerprint density at radius 1 is 1.35 bits per heavy atom. The molecule has 4 heteroatoms. The Balaban J connectivity index is 1.79. The first-order valence-electron chi connectivity index (χ1n) is 7.37. The summed E-state index contributed by atoms with van der Waals surface area (Å²) in [7, 11) is 0. The van der Waals surface area contributed by atoms with E-state index in [1.165, 1.54) is 25.7 Å². The second-order valence-corrected chi connectivity index (χ2v) is 8.18. The van der Waals surface area contributed by atoms with E-state index in [0.29, 0.717) is 5.92 Å². The van der Waals surface area contributed by atoms with Crippen molar-refractivity contribution in [2.75, 3.05) is 6.61 Å². The molecular weight excluding hydrogens is 431 g/mol. The Morgan fingerprint density at radius 2 is 2.10 bits per heavy atom. The molecule has 2 nitrogen and oxygen atoms in total. The van der Waals surface area contributed by atoms with E-state index in [1.54, 1.807) is 0 Å². The van der Waals surface area contributed by atoms with Crippen LogP contribution in [0.15, 0.2) is 22.7 Å². The third-order valence-electron chi connectivity index (χ3n) is 4.77. The molecule has 1 aromatic carbocycles. The number of ether oxygens (including phenoxy) is 1. The van der Waals surface area contributed by atoms with Crippen LogP contribution in [-0.4, -0.2) is 17.3 Å². The van der Waals surface area contributed by atoms with Gasteiger partial charge in [0.05, 0.1) is 11.7 Å². The maximum Gasteiger partial charge on any atom is 0.0830 e. The molecule has 2 aliphatic rings. The molecule has 1 saturated heterocycles. The van der Waals surface area contributed by atoms with Crippen LogP contribution in [0.4, 0.5) is 0 Å². The van der Waals surface area contributed by atoms with Gasteiger partial charge in [0, 0.05) is 14.6 Å². The number of aliphatic hydroxyl groups excluding tert-OH is 1. The van der Waals surface area contributed by atoms with E-state index < -0.39 is 0 Å². The molecule has 1 N–H and O–H groups in total. The van der Waals surface area contributed by atoms with Crippen LogP contribution < -0.4 is 0 Å². The van der Waals surface area contributed by atoms with Gasteiger partial charge in [-0.05, 0) is 78.0 Å². The first-order valence-corrected chi connectivity index (χ1v) is 9.24. The Morgan fingerprint density at radius 3 is 2.85 bits per heavy atom. The quantitative estimate of drug-likeness (QED) is 0.654. The van der Waals surface area contributed by atoms with Gasteiger partial charge in [0.25, 0.3) is 0 Å². The lowest BCUT2D eigenvalue weighted by Crippen LogP contribution is -2.39. The highest BCUT2D eigenvalue weighted by molar-refractivity contribution is 14.1. The Labute approximate surface area is 142 Å². The lowest BCUT2D eigenvalue weighted by atomic mass is 9.80. The summed E-state index contributed by atoms with van der Waals surface area (Å²) in [6.45, 7) is 0.798. The first kappa shape index (κ1) is 15.3. The highest BCUT2D eigenvalue weighted by atomic mass is 127. The zero-order valence-corrected chi connectivity index (χ0v) is 15.2. The van der Waals surface area contributed by atoms with Gasteiger partial charge < -0.3 is 9.84 Å². The molecule has 2 unspecified atom stereocenters. The average molecular weight is 451 g/mol. The van der Waals surface area contributed by atoms with Gasteiger partial charge in [-0.25, -0.2) is 0 Å². The summed E-state index contributed by atoms with van der Waals surface area (Å²) in [6, 6.07) is 6.15. The zero-order chi connectivity index (χ0) is 14.2. The van der Waals surface area contributed by atoms with Crippen molar-refractivity contribution in [3.8, 4) is 0 Å². The van der Waals surface area contributed by atoms with Crippen LogP contribution in [0.5, 0.6) is 0 Å². The molecule has 110 valence electrons. The van der Waals surface area contributed by atoms with Crippen LogP contribution in [0.2, 0.25) is 0 Å². The maximum atomic E-state index is 10.8. The van der Waals surface area contributed by atoms with Gasteiger partial charge in [-0.1, -0.05) is 28.8 Å². The van der Waals surface area contributed by atoms with Crippen LogP contribution >= 0.6 is 38.5 Å². The first-order chi connectivity index (χ1) is 9.60. The summed E-state index contributed by atoms with van der Waals surface area (Å²) in [4.78, 5) is 0. The van der Waals surface area contributed by atoms with Gasteiger partial charge >= 0.3 is 0 Å². The van der Waals surface area contributed by atoms with Crippen molar-refractivity contribution < 1.29 is 9.84 Å². The predicted molar refractivity (Wildman–Crippen MR) is 91.7 cm³/mol. The molecule has 1 aliphatic heterocycles. The summed E-state index contributed by atoms with van der Waals surface area (Å²) in [6.07, 6.45) is 6.50. The number of halogens is 2. The second-order valence-electron chi connectivity index (χ2n) is 6.10. The molecule has 1 aliphatic carbocycles. The van der Waals surface area contributed by atoms with Crippen molar-refractivity contribution in [1.29, 1.82) is 0 Å². The van der Waals surface area contributed by atoms with Crippen molar-refractivity contribution in [2.45, 2.75) is 50.2 Å². The van der Waals surface area contributed by atoms with Gasteiger partial charge in [-0.3, -0.25) is 0 Å². The minimum absolute atomic E-state index is 0.0708. The van der Waals surface area contributed by atoms with Crippen molar-refractivity contribution in [3.05, 3.63) is 31.8 Å². The molecule has 2 fully saturated rings. The minimum atomic E-state index is -0.374. The van der Waals surface area contributed by atoms with E-state index in [-0.39, 0.29) is 11.7 Å². The largest absolute Gasteiger partial charge is 0.388 e. The number of hydrogen-bond acceptors (Lipinski definition) is 2. The Hall–Kier alpha value is 0.350. The molecule has 1 aromatic rings. The molecule has 20 heavy (non-hydrogen) atoms. The minimum Gasteiger partial charge on any atom is -0.388 e. The molecule has 1 saturated carbocycles. The summed E-state index contributed by atoms with van der Waals surface area (Å²) in [5, 5.41) is 10.8. The fourth-order valence-electron chi connectivity index (χ4n) is 3.70. The molecule has 0 bridgehead atoms. The van der Waals surface area contributed by atoms with Crippen LogP contribution in [0.25, 0.3) is 0 Å². The fraction of sp³-hybridized carbons (Fsp3) is 0.625. The molecule has 0 aromatic heterocycles. The van der Waals surface area contributed by atoms with Gasteiger partial charge in [0.15, 0.2) is 0 Å². The number of rotatable bonds is 2. The lowest BCUT2D eigenvalue weighted by Gasteiger charge is -2.40. The van der Waals surface area contributed by atoms with Crippen LogP contribution in [0.1, 0.15) is 50.2 Å². The maximum absolute atomic E-state index is 10.8. The van der Waals surface area contributed by atoms with E-state index in [2.05, 4.69) is 50.7 Å². The fourth-order valence-corrected chi connectivity index (χ4v) is 4.73.